The lowest BCUT2D eigenvalue weighted by Crippen LogP contribution is -2.55. The zero-order chi connectivity index (χ0) is 12.2. The summed E-state index contributed by atoms with van der Waals surface area (Å²) in [5, 5.41) is 3.88. The van der Waals surface area contributed by atoms with Crippen molar-refractivity contribution < 1.29 is 4.79 Å². The van der Waals surface area contributed by atoms with Gasteiger partial charge >= 0.3 is 0 Å². The van der Waals surface area contributed by atoms with E-state index in [9.17, 15) is 4.79 Å². The quantitative estimate of drug-likeness (QED) is 0.703. The van der Waals surface area contributed by atoms with Gasteiger partial charge in [0.25, 0.3) is 5.91 Å². The van der Waals surface area contributed by atoms with Crippen molar-refractivity contribution in [2.75, 3.05) is 12.4 Å². The second-order valence-corrected chi connectivity index (χ2v) is 4.95. The van der Waals surface area contributed by atoms with Gasteiger partial charge in [0.1, 0.15) is 0 Å². The first-order valence-corrected chi connectivity index (χ1v) is 5.91. The molecule has 0 spiro atoms. The number of thiocarbonyl (C=S) groups is 1. The molecule has 5 heteroatoms. The van der Waals surface area contributed by atoms with Crippen molar-refractivity contribution in [2.24, 2.45) is 0 Å². The summed E-state index contributed by atoms with van der Waals surface area (Å²) in [6.45, 7) is 2.55. The molecule has 2 aliphatic rings. The smallest absolute Gasteiger partial charge is 0.274 e. The molecular weight excluding hydrogens is 234 g/mol. The van der Waals surface area contributed by atoms with Crippen molar-refractivity contribution in [3.63, 3.8) is 0 Å². The molecule has 1 fully saturated rings. The van der Waals surface area contributed by atoms with Gasteiger partial charge in [-0.3, -0.25) is 9.69 Å². The Kier molecular flexibility index (Phi) is 1.98. The first-order chi connectivity index (χ1) is 8.04. The topological polar surface area (TPSA) is 35.6 Å². The molecule has 1 amide bonds. The first kappa shape index (κ1) is 10.5. The summed E-state index contributed by atoms with van der Waals surface area (Å²) < 4.78 is 0. The van der Waals surface area contributed by atoms with Gasteiger partial charge in [0.15, 0.2) is 10.8 Å². The SMILES string of the molecule is CN1C(=O)[C@@]2(C)Nc3ccccc3CN2C1=S. The molecule has 88 valence electrons. The summed E-state index contributed by atoms with van der Waals surface area (Å²) in [6, 6.07) is 8.00. The Bertz CT molecular complexity index is 530. The molecule has 0 unspecified atom stereocenters. The van der Waals surface area contributed by atoms with E-state index in [-0.39, 0.29) is 5.91 Å². The van der Waals surface area contributed by atoms with Crippen LogP contribution in [0.25, 0.3) is 0 Å². The summed E-state index contributed by atoms with van der Waals surface area (Å²) in [5.74, 6) is -0.00277. The van der Waals surface area contributed by atoms with Crippen LogP contribution in [-0.2, 0) is 11.3 Å². The third-order valence-electron chi connectivity index (χ3n) is 3.50. The zero-order valence-corrected chi connectivity index (χ0v) is 10.5. The lowest BCUT2D eigenvalue weighted by molar-refractivity contribution is -0.130. The summed E-state index contributed by atoms with van der Waals surface area (Å²) >= 11 is 5.31. The van der Waals surface area contributed by atoms with Gasteiger partial charge in [-0.2, -0.15) is 0 Å². The highest BCUT2D eigenvalue weighted by Gasteiger charge is 2.52. The van der Waals surface area contributed by atoms with Crippen molar-refractivity contribution in [1.29, 1.82) is 0 Å². The lowest BCUT2D eigenvalue weighted by atomic mass is 10.0. The molecule has 1 N–H and O–H groups in total. The average Bonchev–Trinajstić information content (AvgIpc) is 2.49. The van der Waals surface area contributed by atoms with E-state index in [0.717, 1.165) is 11.3 Å². The number of carbonyl (C=O) groups excluding carboxylic acids is 1. The lowest BCUT2D eigenvalue weighted by Gasteiger charge is -2.39. The van der Waals surface area contributed by atoms with E-state index in [1.54, 1.807) is 7.05 Å². The number of rotatable bonds is 0. The number of likely N-dealkylation sites (N-methyl/N-ethyl adjacent to an activating group) is 1. The van der Waals surface area contributed by atoms with E-state index in [4.69, 9.17) is 12.2 Å². The molecule has 3 rings (SSSR count). The van der Waals surface area contributed by atoms with Crippen LogP contribution in [0.1, 0.15) is 12.5 Å². The van der Waals surface area contributed by atoms with Crippen LogP contribution >= 0.6 is 12.2 Å². The Morgan fingerprint density at radius 1 is 1.41 bits per heavy atom. The van der Waals surface area contributed by atoms with Crippen LogP contribution in [-0.4, -0.2) is 33.5 Å². The Morgan fingerprint density at radius 2 is 2.12 bits per heavy atom. The van der Waals surface area contributed by atoms with Crippen molar-refractivity contribution in [3.05, 3.63) is 29.8 Å². The maximum absolute atomic E-state index is 12.2. The Morgan fingerprint density at radius 3 is 2.88 bits per heavy atom. The molecule has 0 bridgehead atoms. The highest BCUT2D eigenvalue weighted by Crippen LogP contribution is 2.36. The van der Waals surface area contributed by atoms with Gasteiger partial charge in [0.2, 0.25) is 0 Å². The minimum Gasteiger partial charge on any atom is -0.355 e. The Balaban J connectivity index is 2.11. The van der Waals surface area contributed by atoms with Crippen LogP contribution in [0.4, 0.5) is 5.69 Å². The molecule has 0 aliphatic carbocycles. The second kappa shape index (κ2) is 3.20. The summed E-state index contributed by atoms with van der Waals surface area (Å²) in [4.78, 5) is 15.7. The van der Waals surface area contributed by atoms with Crippen LogP contribution < -0.4 is 5.32 Å². The number of anilines is 1. The van der Waals surface area contributed by atoms with Crippen molar-refractivity contribution in [3.8, 4) is 0 Å². The predicted molar refractivity (Wildman–Crippen MR) is 69.4 cm³/mol. The van der Waals surface area contributed by atoms with E-state index >= 15 is 0 Å². The van der Waals surface area contributed by atoms with Gasteiger partial charge in [-0.1, -0.05) is 18.2 Å². The fourth-order valence-corrected chi connectivity index (χ4v) is 2.79. The number of hydrogen-bond acceptors (Lipinski definition) is 3. The number of carbonyl (C=O) groups is 1. The van der Waals surface area contributed by atoms with Gasteiger partial charge in [-0.25, -0.2) is 0 Å². The molecule has 1 saturated heterocycles. The first-order valence-electron chi connectivity index (χ1n) is 5.50. The average molecular weight is 247 g/mol. The minimum atomic E-state index is -0.736. The standard InChI is InChI=1S/C12H13N3OS/c1-12-10(16)14(2)11(17)15(12)7-8-5-3-4-6-9(8)13-12/h3-6,13H,7H2,1-2H3/t12-/m0/s1. The van der Waals surface area contributed by atoms with Crippen molar-refractivity contribution in [2.45, 2.75) is 19.1 Å². The summed E-state index contributed by atoms with van der Waals surface area (Å²) in [6.07, 6.45) is 0. The minimum absolute atomic E-state index is 0.00277. The molecule has 0 radical (unpaired) electrons. The molecule has 1 atom stereocenters. The highest BCUT2D eigenvalue weighted by atomic mass is 32.1. The second-order valence-electron chi connectivity index (χ2n) is 4.59. The monoisotopic (exact) mass is 247 g/mol. The van der Waals surface area contributed by atoms with E-state index < -0.39 is 5.66 Å². The third-order valence-corrected chi connectivity index (χ3v) is 4.00. The highest BCUT2D eigenvalue weighted by molar-refractivity contribution is 7.80. The van der Waals surface area contributed by atoms with Crippen molar-refractivity contribution >= 4 is 28.9 Å². The van der Waals surface area contributed by atoms with Crippen LogP contribution in [0.3, 0.4) is 0 Å². The number of hydrogen-bond donors (Lipinski definition) is 1. The molecule has 2 aliphatic heterocycles. The number of para-hydroxylation sites is 1. The molecule has 1 aromatic rings. The van der Waals surface area contributed by atoms with Crippen molar-refractivity contribution in [1.82, 2.24) is 9.80 Å². The summed E-state index contributed by atoms with van der Waals surface area (Å²) in [5.41, 5.74) is 1.44. The van der Waals surface area contributed by atoms with E-state index in [2.05, 4.69) is 5.32 Å². The van der Waals surface area contributed by atoms with E-state index in [1.807, 2.05) is 36.1 Å². The predicted octanol–water partition coefficient (Wildman–Crippen LogP) is 1.39. The van der Waals surface area contributed by atoms with Gasteiger partial charge in [0.05, 0.1) is 0 Å². The summed E-state index contributed by atoms with van der Waals surface area (Å²) in [7, 11) is 1.72. The van der Waals surface area contributed by atoms with Crippen LogP contribution in [0.5, 0.6) is 0 Å². The van der Waals surface area contributed by atoms with E-state index in [1.165, 1.54) is 4.90 Å². The maximum Gasteiger partial charge on any atom is 0.274 e. The molecule has 0 aromatic heterocycles. The Hall–Kier alpha value is -1.62. The van der Waals surface area contributed by atoms with E-state index in [0.29, 0.717) is 11.7 Å². The van der Waals surface area contributed by atoms with Gasteiger partial charge in [-0.05, 0) is 30.8 Å². The number of benzene rings is 1. The van der Waals surface area contributed by atoms with Crippen LogP contribution in [0.2, 0.25) is 0 Å². The van der Waals surface area contributed by atoms with Crippen LogP contribution in [0, 0.1) is 0 Å². The molecule has 0 saturated carbocycles. The molecule has 1 aromatic carbocycles. The number of nitrogens with zero attached hydrogens (tertiary/aromatic N) is 2. The fraction of sp³-hybridized carbons (Fsp3) is 0.333. The maximum atomic E-state index is 12.2. The molecule has 4 nitrogen and oxygen atoms in total. The van der Waals surface area contributed by atoms with Gasteiger partial charge in [-0.15, -0.1) is 0 Å². The number of amides is 1. The molecule has 17 heavy (non-hydrogen) atoms. The number of fused-ring (bicyclic) bond motifs is 2. The molecule has 2 heterocycles. The van der Waals surface area contributed by atoms with Crippen LogP contribution in [0.15, 0.2) is 24.3 Å². The molecular formula is C12H13N3OS. The third kappa shape index (κ3) is 1.23. The Labute approximate surface area is 105 Å². The van der Waals surface area contributed by atoms with Gasteiger partial charge in [0, 0.05) is 19.3 Å². The normalized spacial score (nSPS) is 26.7. The number of nitrogens with one attached hydrogen (secondary N) is 1. The zero-order valence-electron chi connectivity index (χ0n) is 9.73. The van der Waals surface area contributed by atoms with Gasteiger partial charge < -0.3 is 10.2 Å². The fourth-order valence-electron chi connectivity index (χ4n) is 2.46. The largest absolute Gasteiger partial charge is 0.355 e.